The van der Waals surface area contributed by atoms with E-state index in [2.05, 4.69) is 20.9 Å². The molecule has 0 fully saturated rings. The first kappa shape index (κ1) is 13.3. The fourth-order valence-electron chi connectivity index (χ4n) is 1.47. The number of halogens is 1. The molecule has 18 heavy (non-hydrogen) atoms. The third-order valence-electron chi connectivity index (χ3n) is 2.44. The lowest BCUT2D eigenvalue weighted by atomic mass is 10.1. The van der Waals surface area contributed by atoms with Crippen LogP contribution in [0.2, 0.25) is 0 Å². The van der Waals surface area contributed by atoms with E-state index in [-0.39, 0.29) is 5.78 Å². The summed E-state index contributed by atoms with van der Waals surface area (Å²) in [5, 5.41) is 0.923. The quantitative estimate of drug-likeness (QED) is 0.771. The Labute approximate surface area is 119 Å². The summed E-state index contributed by atoms with van der Waals surface area (Å²) < 4.78 is 0.976. The van der Waals surface area contributed by atoms with Crippen molar-refractivity contribution >= 4 is 33.5 Å². The van der Waals surface area contributed by atoms with Gasteiger partial charge in [-0.25, -0.2) is 4.98 Å². The fraction of sp³-hybridized carbons (Fsp3) is 0.143. The maximum absolute atomic E-state index is 11.5. The molecule has 1 aromatic heterocycles. The van der Waals surface area contributed by atoms with Crippen LogP contribution in [0.4, 0.5) is 0 Å². The first-order valence-electron chi connectivity index (χ1n) is 5.62. The third-order valence-corrected chi connectivity index (χ3v) is 4.37. The van der Waals surface area contributed by atoms with Crippen molar-refractivity contribution in [2.45, 2.75) is 23.3 Å². The maximum atomic E-state index is 11.5. The zero-order valence-electron chi connectivity index (χ0n) is 9.89. The summed E-state index contributed by atoms with van der Waals surface area (Å²) in [5.74, 6) is 0.172. The Morgan fingerprint density at radius 1 is 1.28 bits per heavy atom. The van der Waals surface area contributed by atoms with Crippen molar-refractivity contribution in [3.8, 4) is 0 Å². The van der Waals surface area contributed by atoms with Crippen molar-refractivity contribution in [2.24, 2.45) is 0 Å². The van der Waals surface area contributed by atoms with Gasteiger partial charge in [0.05, 0.1) is 4.47 Å². The van der Waals surface area contributed by atoms with Gasteiger partial charge in [0.1, 0.15) is 5.03 Å². The van der Waals surface area contributed by atoms with Gasteiger partial charge in [-0.2, -0.15) is 0 Å². The van der Waals surface area contributed by atoms with Gasteiger partial charge in [0.25, 0.3) is 0 Å². The van der Waals surface area contributed by atoms with E-state index in [4.69, 9.17) is 0 Å². The van der Waals surface area contributed by atoms with E-state index in [1.807, 2.05) is 43.3 Å². The zero-order chi connectivity index (χ0) is 13.0. The monoisotopic (exact) mass is 321 g/mol. The lowest BCUT2D eigenvalue weighted by Crippen LogP contribution is -1.95. The molecular formula is C14H12BrNOS. The Bertz CT molecular complexity index is 554. The normalized spacial score (nSPS) is 10.3. The van der Waals surface area contributed by atoms with E-state index < -0.39 is 0 Å². The number of pyridine rings is 1. The highest BCUT2D eigenvalue weighted by Crippen LogP contribution is 2.31. The van der Waals surface area contributed by atoms with Gasteiger partial charge in [-0.15, -0.1) is 0 Å². The minimum atomic E-state index is 0.172. The summed E-state index contributed by atoms with van der Waals surface area (Å²) in [5.41, 5.74) is 0.766. The van der Waals surface area contributed by atoms with Crippen LogP contribution in [0.25, 0.3) is 0 Å². The van der Waals surface area contributed by atoms with Gasteiger partial charge in [0.2, 0.25) is 0 Å². The van der Waals surface area contributed by atoms with E-state index in [0.717, 1.165) is 20.0 Å². The van der Waals surface area contributed by atoms with Gasteiger partial charge in [0.15, 0.2) is 5.78 Å². The van der Waals surface area contributed by atoms with Crippen LogP contribution in [0, 0.1) is 0 Å². The second-order valence-electron chi connectivity index (χ2n) is 3.69. The van der Waals surface area contributed by atoms with Crippen LogP contribution in [0.5, 0.6) is 0 Å². The first-order valence-corrected chi connectivity index (χ1v) is 7.23. The second-order valence-corrected chi connectivity index (χ2v) is 5.61. The molecule has 0 bridgehead atoms. The third kappa shape index (κ3) is 3.21. The molecule has 0 spiro atoms. The summed E-state index contributed by atoms with van der Waals surface area (Å²) in [6, 6.07) is 11.5. The summed E-state index contributed by atoms with van der Waals surface area (Å²) >= 11 is 5.04. The average Bonchev–Trinajstić information content (AvgIpc) is 2.41. The second kappa shape index (κ2) is 6.16. The van der Waals surface area contributed by atoms with Crippen LogP contribution in [-0.4, -0.2) is 10.8 Å². The molecule has 0 saturated carbocycles. The maximum Gasteiger partial charge on any atom is 0.162 e. The number of hydrogen-bond donors (Lipinski definition) is 0. The number of carbonyl (C=O) groups excluding carboxylic acids is 1. The van der Waals surface area contributed by atoms with Gasteiger partial charge < -0.3 is 0 Å². The number of hydrogen-bond acceptors (Lipinski definition) is 3. The number of nitrogens with zero attached hydrogens (tertiary/aromatic N) is 1. The van der Waals surface area contributed by atoms with Crippen LogP contribution in [0.3, 0.4) is 0 Å². The van der Waals surface area contributed by atoms with Crippen LogP contribution < -0.4 is 0 Å². The topological polar surface area (TPSA) is 30.0 Å². The van der Waals surface area contributed by atoms with Crippen molar-refractivity contribution in [2.75, 3.05) is 0 Å². The Kier molecular flexibility index (Phi) is 4.55. The molecule has 0 amide bonds. The van der Waals surface area contributed by atoms with Crippen molar-refractivity contribution in [1.29, 1.82) is 0 Å². The highest BCUT2D eigenvalue weighted by atomic mass is 79.9. The van der Waals surface area contributed by atoms with Crippen molar-refractivity contribution < 1.29 is 4.79 Å². The molecule has 0 aliphatic heterocycles. The van der Waals surface area contributed by atoms with Gasteiger partial charge in [0, 0.05) is 23.1 Å². The molecule has 4 heteroatoms. The molecule has 0 N–H and O–H groups in total. The van der Waals surface area contributed by atoms with Crippen molar-refractivity contribution in [1.82, 2.24) is 4.98 Å². The van der Waals surface area contributed by atoms with Crippen LogP contribution >= 0.6 is 27.7 Å². The summed E-state index contributed by atoms with van der Waals surface area (Å²) in [6.07, 6.45) is 2.31. The lowest BCUT2D eigenvalue weighted by Gasteiger charge is -2.04. The number of carbonyl (C=O) groups is 1. The number of ketones is 1. The molecule has 1 aromatic carbocycles. The molecular weight excluding hydrogens is 310 g/mol. The van der Waals surface area contributed by atoms with Crippen LogP contribution in [0.1, 0.15) is 23.7 Å². The number of Topliss-reactive ketones (excluding diaryl/α,β-unsaturated/α-hetero) is 1. The molecule has 0 aliphatic carbocycles. The molecule has 2 nitrogen and oxygen atoms in total. The molecule has 0 unspecified atom stereocenters. The van der Waals surface area contributed by atoms with Gasteiger partial charge in [-0.05, 0) is 40.2 Å². The Morgan fingerprint density at radius 3 is 2.61 bits per heavy atom. The molecule has 92 valence electrons. The smallest absolute Gasteiger partial charge is 0.162 e. The summed E-state index contributed by atoms with van der Waals surface area (Å²) in [7, 11) is 0. The standard InChI is InChI=1S/C14H12BrNOS/c1-2-13(17)10-5-7-11(8-6-10)18-14-12(15)4-3-9-16-14/h3-9H,2H2,1H3. The minimum Gasteiger partial charge on any atom is -0.294 e. The van der Waals surface area contributed by atoms with E-state index in [1.165, 1.54) is 0 Å². The fourth-order valence-corrected chi connectivity index (χ4v) is 2.74. The molecule has 0 radical (unpaired) electrons. The van der Waals surface area contributed by atoms with E-state index in [0.29, 0.717) is 6.42 Å². The summed E-state index contributed by atoms with van der Waals surface area (Å²) in [4.78, 5) is 16.9. The molecule has 2 aromatic rings. The summed E-state index contributed by atoms with van der Waals surface area (Å²) in [6.45, 7) is 1.87. The average molecular weight is 322 g/mol. The zero-order valence-corrected chi connectivity index (χ0v) is 12.3. The number of rotatable bonds is 4. The SMILES string of the molecule is CCC(=O)c1ccc(Sc2ncccc2Br)cc1. The minimum absolute atomic E-state index is 0.172. The molecule has 0 aliphatic rings. The van der Waals surface area contributed by atoms with E-state index >= 15 is 0 Å². The molecule has 2 rings (SSSR count). The number of aromatic nitrogens is 1. The van der Waals surface area contributed by atoms with Crippen molar-refractivity contribution in [3.05, 3.63) is 52.6 Å². The highest BCUT2D eigenvalue weighted by Gasteiger charge is 2.05. The van der Waals surface area contributed by atoms with Gasteiger partial charge >= 0.3 is 0 Å². The molecule has 1 heterocycles. The van der Waals surface area contributed by atoms with Gasteiger partial charge in [-0.1, -0.05) is 30.8 Å². The van der Waals surface area contributed by atoms with Gasteiger partial charge in [-0.3, -0.25) is 4.79 Å². The van der Waals surface area contributed by atoms with E-state index in [1.54, 1.807) is 18.0 Å². The highest BCUT2D eigenvalue weighted by molar-refractivity contribution is 9.10. The first-order chi connectivity index (χ1) is 8.70. The lowest BCUT2D eigenvalue weighted by molar-refractivity contribution is 0.0988. The Morgan fingerprint density at radius 2 is 2.00 bits per heavy atom. The Balaban J connectivity index is 2.16. The van der Waals surface area contributed by atoms with Crippen LogP contribution in [0.15, 0.2) is 57.0 Å². The number of benzene rings is 1. The molecule has 0 saturated heterocycles. The largest absolute Gasteiger partial charge is 0.294 e. The molecule has 0 atom stereocenters. The van der Waals surface area contributed by atoms with Crippen molar-refractivity contribution in [3.63, 3.8) is 0 Å². The Hall–Kier alpha value is -1.13. The predicted octanol–water partition coefficient (Wildman–Crippen LogP) is 4.59. The van der Waals surface area contributed by atoms with Crippen LogP contribution in [-0.2, 0) is 0 Å². The predicted molar refractivity (Wildman–Crippen MR) is 77.1 cm³/mol. The van der Waals surface area contributed by atoms with E-state index in [9.17, 15) is 4.79 Å².